The third-order valence-corrected chi connectivity index (χ3v) is 4.63. The molecule has 3 aromatic rings. The van der Waals surface area contributed by atoms with E-state index in [4.69, 9.17) is 0 Å². The third kappa shape index (κ3) is 4.16. The second-order valence-corrected chi connectivity index (χ2v) is 6.54. The lowest BCUT2D eigenvalue weighted by atomic mass is 9.98. The number of benzene rings is 2. The second-order valence-electron chi connectivity index (χ2n) is 6.54. The van der Waals surface area contributed by atoms with Crippen molar-refractivity contribution in [2.24, 2.45) is 0 Å². The molecule has 130 valence electrons. The van der Waals surface area contributed by atoms with Crippen LogP contribution < -0.4 is 0 Å². The van der Waals surface area contributed by atoms with Crippen molar-refractivity contribution in [1.29, 1.82) is 0 Å². The Morgan fingerprint density at radius 2 is 1.36 bits per heavy atom. The van der Waals surface area contributed by atoms with Crippen LogP contribution in [0, 0.1) is 5.82 Å². The van der Waals surface area contributed by atoms with Gasteiger partial charge in [0.15, 0.2) is 0 Å². The number of hydrogen-bond acceptors (Lipinski definition) is 1. The van der Waals surface area contributed by atoms with E-state index >= 15 is 0 Å². The first-order valence-corrected chi connectivity index (χ1v) is 9.12. The van der Waals surface area contributed by atoms with Gasteiger partial charge in [0.2, 0.25) is 0 Å². The quantitative estimate of drug-likeness (QED) is 0.520. The van der Waals surface area contributed by atoms with Crippen molar-refractivity contribution in [3.63, 3.8) is 0 Å². The first-order valence-electron chi connectivity index (χ1n) is 9.12. The highest BCUT2D eigenvalue weighted by atomic mass is 18.2. The molecule has 2 nitrogen and oxygen atoms in total. The molecular weight excluding hydrogens is 310 g/mol. The molecule has 0 saturated carbocycles. The zero-order valence-electron chi connectivity index (χ0n) is 14.9. The fourth-order valence-corrected chi connectivity index (χ4v) is 3.29. The van der Waals surface area contributed by atoms with Gasteiger partial charge in [-0.15, -0.1) is 0 Å². The average molecular weight is 335 g/mol. The summed E-state index contributed by atoms with van der Waals surface area (Å²) in [5, 5.41) is 0. The van der Waals surface area contributed by atoms with Crippen LogP contribution in [0.3, 0.4) is 0 Å². The Labute approximate surface area is 149 Å². The maximum absolute atomic E-state index is 13.1. The van der Waals surface area contributed by atoms with Gasteiger partial charge in [-0.05, 0) is 41.7 Å². The molecular formula is C22H25FN2. The zero-order chi connectivity index (χ0) is 17.6. The minimum atomic E-state index is -0.209. The van der Waals surface area contributed by atoms with Crippen LogP contribution in [0.4, 0.5) is 4.39 Å². The van der Waals surface area contributed by atoms with Crippen molar-refractivity contribution in [2.45, 2.75) is 45.4 Å². The topological polar surface area (TPSA) is 28.7 Å². The molecule has 0 bridgehead atoms. The van der Waals surface area contributed by atoms with Crippen molar-refractivity contribution < 1.29 is 4.39 Å². The number of aromatic nitrogens is 2. The lowest BCUT2D eigenvalue weighted by Crippen LogP contribution is -2.00. The van der Waals surface area contributed by atoms with Gasteiger partial charge >= 0.3 is 0 Å². The Morgan fingerprint density at radius 3 is 1.92 bits per heavy atom. The molecule has 2 aromatic carbocycles. The van der Waals surface area contributed by atoms with Crippen molar-refractivity contribution in [3.05, 3.63) is 66.4 Å². The van der Waals surface area contributed by atoms with E-state index in [-0.39, 0.29) is 5.82 Å². The van der Waals surface area contributed by atoms with Crippen molar-refractivity contribution in [1.82, 2.24) is 9.97 Å². The summed E-state index contributed by atoms with van der Waals surface area (Å²) < 4.78 is 13.1. The molecule has 0 aliphatic heterocycles. The van der Waals surface area contributed by atoms with Crippen LogP contribution in [0.5, 0.6) is 0 Å². The lowest BCUT2D eigenvalue weighted by molar-refractivity contribution is 0.538. The first-order chi connectivity index (χ1) is 12.2. The maximum Gasteiger partial charge on any atom is 0.123 e. The number of nitrogens with one attached hydrogen (secondary N) is 1. The second kappa shape index (κ2) is 8.11. The number of hydrogen-bond donors (Lipinski definition) is 1. The molecule has 0 aliphatic carbocycles. The molecule has 0 spiro atoms. The number of halogens is 1. The van der Waals surface area contributed by atoms with Gasteiger partial charge in [-0.3, -0.25) is 0 Å². The smallest absolute Gasteiger partial charge is 0.123 e. The van der Waals surface area contributed by atoms with Crippen LogP contribution in [-0.2, 0) is 0 Å². The van der Waals surface area contributed by atoms with E-state index in [9.17, 15) is 4.39 Å². The van der Waals surface area contributed by atoms with Gasteiger partial charge in [0.25, 0.3) is 0 Å². The van der Waals surface area contributed by atoms with Crippen LogP contribution >= 0.6 is 0 Å². The minimum Gasteiger partial charge on any atom is -0.342 e. The summed E-state index contributed by atoms with van der Waals surface area (Å²) in [5.74, 6) is 1.41. The molecule has 0 fully saturated rings. The summed E-state index contributed by atoms with van der Waals surface area (Å²) in [4.78, 5) is 8.13. The highest BCUT2D eigenvalue weighted by Gasteiger charge is 2.14. The largest absolute Gasteiger partial charge is 0.342 e. The fourth-order valence-electron chi connectivity index (χ4n) is 3.29. The average Bonchev–Trinajstić information content (AvgIpc) is 3.12. The Hall–Kier alpha value is -2.42. The molecule has 0 unspecified atom stereocenters. The highest BCUT2D eigenvalue weighted by Crippen LogP contribution is 2.28. The van der Waals surface area contributed by atoms with Crippen molar-refractivity contribution >= 4 is 0 Å². The Balaban J connectivity index is 1.79. The number of aromatic amines is 1. The first kappa shape index (κ1) is 17.4. The highest BCUT2D eigenvalue weighted by molar-refractivity contribution is 5.68. The zero-order valence-corrected chi connectivity index (χ0v) is 14.9. The van der Waals surface area contributed by atoms with Gasteiger partial charge in [-0.2, -0.15) is 0 Å². The molecule has 3 heteroatoms. The minimum absolute atomic E-state index is 0.209. The van der Waals surface area contributed by atoms with E-state index in [1.54, 1.807) is 12.1 Å². The molecule has 0 amide bonds. The number of H-pyrrole nitrogens is 1. The summed E-state index contributed by atoms with van der Waals surface area (Å²) in [6.07, 6.45) is 6.62. The normalized spacial score (nSPS) is 11.2. The van der Waals surface area contributed by atoms with Crippen LogP contribution in [0.25, 0.3) is 22.4 Å². The summed E-state index contributed by atoms with van der Waals surface area (Å²) in [7, 11) is 0. The van der Waals surface area contributed by atoms with Crippen LogP contribution in [0.15, 0.2) is 54.7 Å². The molecule has 25 heavy (non-hydrogen) atoms. The van der Waals surface area contributed by atoms with Gasteiger partial charge in [-0.1, -0.05) is 63.1 Å². The van der Waals surface area contributed by atoms with Crippen LogP contribution in [-0.4, -0.2) is 9.97 Å². The van der Waals surface area contributed by atoms with E-state index in [1.165, 1.54) is 37.8 Å². The number of imidazole rings is 1. The standard InChI is InChI=1S/C22H25FN2/c1-3-5-19(6-4-2)22-24-15-21(25-22)18-9-7-16(8-10-18)17-11-13-20(23)14-12-17/h7-15,19H,3-6H2,1-2H3,(H,24,25)/i23-1. The number of nitrogens with zero attached hydrogens (tertiary/aromatic N) is 1. The lowest BCUT2D eigenvalue weighted by Gasteiger charge is -2.12. The van der Waals surface area contributed by atoms with E-state index in [1.807, 2.05) is 6.20 Å². The summed E-state index contributed by atoms with van der Waals surface area (Å²) in [6, 6.07) is 14.9. The van der Waals surface area contributed by atoms with Gasteiger partial charge in [0.1, 0.15) is 11.6 Å². The van der Waals surface area contributed by atoms with Crippen molar-refractivity contribution in [2.75, 3.05) is 0 Å². The maximum atomic E-state index is 13.1. The Morgan fingerprint density at radius 1 is 0.840 bits per heavy atom. The Kier molecular flexibility index (Phi) is 5.64. The van der Waals surface area contributed by atoms with Crippen LogP contribution in [0.2, 0.25) is 0 Å². The molecule has 0 atom stereocenters. The number of rotatable bonds is 7. The summed E-state index contributed by atoms with van der Waals surface area (Å²) in [6.45, 7) is 4.45. The molecule has 1 heterocycles. The Bertz CT molecular complexity index is 782. The van der Waals surface area contributed by atoms with E-state index < -0.39 is 0 Å². The van der Waals surface area contributed by atoms with Gasteiger partial charge < -0.3 is 4.98 Å². The fraction of sp³-hybridized carbons (Fsp3) is 0.318. The van der Waals surface area contributed by atoms with Crippen molar-refractivity contribution in [3.8, 4) is 22.4 Å². The van der Waals surface area contributed by atoms with E-state index in [0.717, 1.165) is 28.2 Å². The monoisotopic (exact) mass is 335 g/mol. The predicted molar refractivity (Wildman–Crippen MR) is 102 cm³/mol. The predicted octanol–water partition coefficient (Wildman–Crippen LogP) is 6.57. The molecule has 1 N–H and O–H groups in total. The van der Waals surface area contributed by atoms with Gasteiger partial charge in [-0.25, -0.2) is 9.37 Å². The SMILES string of the molecule is CCCC(CCC)c1ncc(-c2ccc(-c3ccc([18F])cc3)cc2)[nH]1. The van der Waals surface area contributed by atoms with E-state index in [0.29, 0.717) is 5.92 Å². The molecule has 0 aliphatic rings. The van der Waals surface area contributed by atoms with Crippen LogP contribution in [0.1, 0.15) is 51.3 Å². The molecule has 0 radical (unpaired) electrons. The molecule has 0 saturated heterocycles. The summed E-state index contributed by atoms with van der Waals surface area (Å²) >= 11 is 0. The summed E-state index contributed by atoms with van der Waals surface area (Å²) in [5.41, 5.74) is 4.27. The third-order valence-electron chi connectivity index (χ3n) is 4.63. The van der Waals surface area contributed by atoms with Gasteiger partial charge in [0, 0.05) is 5.92 Å². The van der Waals surface area contributed by atoms with E-state index in [2.05, 4.69) is 48.1 Å². The molecule has 1 aromatic heterocycles. The molecule has 3 rings (SSSR count). The van der Waals surface area contributed by atoms with Gasteiger partial charge in [0.05, 0.1) is 11.9 Å².